The summed E-state index contributed by atoms with van der Waals surface area (Å²) in [7, 11) is 0. The van der Waals surface area contributed by atoms with E-state index in [1.807, 2.05) is 36.4 Å². The zero-order valence-corrected chi connectivity index (χ0v) is 18.8. The Morgan fingerprint density at radius 3 is 2.58 bits per heavy atom. The van der Waals surface area contributed by atoms with Gasteiger partial charge in [0.25, 0.3) is 5.91 Å². The molecule has 4 N–H and O–H groups in total. The number of nitrogens with one attached hydrogen (secondary N) is 2. The molecule has 0 saturated heterocycles. The number of carbonyl (C=O) groups is 1. The van der Waals surface area contributed by atoms with Crippen molar-refractivity contribution in [1.82, 2.24) is 35.9 Å². The van der Waals surface area contributed by atoms with E-state index in [2.05, 4.69) is 35.8 Å². The molecule has 0 bridgehead atoms. The lowest BCUT2D eigenvalue weighted by Gasteiger charge is -2.05. The van der Waals surface area contributed by atoms with E-state index in [0.29, 0.717) is 36.2 Å². The van der Waals surface area contributed by atoms with Crippen molar-refractivity contribution in [2.24, 2.45) is 0 Å². The van der Waals surface area contributed by atoms with Gasteiger partial charge in [-0.3, -0.25) is 4.79 Å². The fourth-order valence-corrected chi connectivity index (χ4v) is 3.42. The van der Waals surface area contributed by atoms with Crippen LogP contribution in [0, 0.1) is 0 Å². The number of hydrogen-bond acceptors (Lipinski definition) is 8. The molecule has 2 aromatic heterocycles. The monoisotopic (exact) mass is 486 g/mol. The highest BCUT2D eigenvalue weighted by atomic mass is 35.5. The summed E-state index contributed by atoms with van der Waals surface area (Å²) in [5, 5.41) is 23.1. The Kier molecular flexibility index (Phi) is 7.18. The molecular formula is C21H20Cl2N8O2. The SMILES string of the molecule is Nc1nonc1C(=O)NCCNCc1nn(Cc2ccc(Cl)c(Cl)c2)nc1-c1ccccc1. The average Bonchev–Trinajstić information content (AvgIpc) is 3.42. The predicted octanol–water partition coefficient (Wildman–Crippen LogP) is 2.79. The lowest BCUT2D eigenvalue weighted by atomic mass is 10.1. The molecule has 170 valence electrons. The number of nitrogens with zero attached hydrogens (tertiary/aromatic N) is 5. The van der Waals surface area contributed by atoms with Gasteiger partial charge in [0.1, 0.15) is 11.4 Å². The number of anilines is 1. The number of amides is 1. The van der Waals surface area contributed by atoms with Crippen LogP contribution in [0.1, 0.15) is 21.7 Å². The van der Waals surface area contributed by atoms with Gasteiger partial charge in [0.05, 0.1) is 16.6 Å². The minimum absolute atomic E-state index is 0.0355. The summed E-state index contributed by atoms with van der Waals surface area (Å²) in [6.07, 6.45) is 0. The lowest BCUT2D eigenvalue weighted by molar-refractivity contribution is 0.0944. The fourth-order valence-electron chi connectivity index (χ4n) is 3.10. The maximum Gasteiger partial charge on any atom is 0.277 e. The second kappa shape index (κ2) is 10.4. The number of aromatic nitrogens is 5. The second-order valence-electron chi connectivity index (χ2n) is 7.07. The van der Waals surface area contributed by atoms with Gasteiger partial charge in [-0.15, -0.1) is 0 Å². The van der Waals surface area contributed by atoms with Crippen LogP contribution < -0.4 is 16.4 Å². The lowest BCUT2D eigenvalue weighted by Crippen LogP contribution is -2.32. The molecule has 0 atom stereocenters. The van der Waals surface area contributed by atoms with Gasteiger partial charge in [-0.25, -0.2) is 4.63 Å². The highest BCUT2D eigenvalue weighted by Crippen LogP contribution is 2.24. The van der Waals surface area contributed by atoms with Crippen molar-refractivity contribution in [3.8, 4) is 11.3 Å². The first kappa shape index (κ1) is 22.7. The first-order chi connectivity index (χ1) is 16.0. The van der Waals surface area contributed by atoms with Crippen LogP contribution in [0.25, 0.3) is 11.3 Å². The molecule has 12 heteroatoms. The normalized spacial score (nSPS) is 11.0. The summed E-state index contributed by atoms with van der Waals surface area (Å²) in [5.74, 6) is -0.500. The van der Waals surface area contributed by atoms with Crippen molar-refractivity contribution in [3.63, 3.8) is 0 Å². The van der Waals surface area contributed by atoms with Gasteiger partial charge in [0.2, 0.25) is 11.5 Å². The van der Waals surface area contributed by atoms with Gasteiger partial charge < -0.3 is 16.4 Å². The molecule has 2 heterocycles. The Labute approximate surface area is 199 Å². The van der Waals surface area contributed by atoms with E-state index in [1.165, 1.54) is 0 Å². The largest absolute Gasteiger partial charge is 0.379 e. The minimum Gasteiger partial charge on any atom is -0.379 e. The number of benzene rings is 2. The van der Waals surface area contributed by atoms with E-state index in [1.54, 1.807) is 16.9 Å². The van der Waals surface area contributed by atoms with E-state index in [0.717, 1.165) is 22.5 Å². The molecule has 33 heavy (non-hydrogen) atoms. The summed E-state index contributed by atoms with van der Waals surface area (Å²) < 4.78 is 4.43. The molecule has 4 aromatic rings. The first-order valence-electron chi connectivity index (χ1n) is 10.0. The van der Waals surface area contributed by atoms with Crippen LogP contribution in [0.15, 0.2) is 53.2 Å². The molecule has 0 aliphatic rings. The van der Waals surface area contributed by atoms with Crippen molar-refractivity contribution in [2.75, 3.05) is 18.8 Å². The predicted molar refractivity (Wildman–Crippen MR) is 124 cm³/mol. The van der Waals surface area contributed by atoms with E-state index in [4.69, 9.17) is 28.9 Å². The summed E-state index contributed by atoms with van der Waals surface area (Å²) in [4.78, 5) is 13.6. The van der Waals surface area contributed by atoms with E-state index in [9.17, 15) is 4.79 Å². The molecule has 0 radical (unpaired) electrons. The Morgan fingerprint density at radius 1 is 1.03 bits per heavy atom. The molecule has 0 fully saturated rings. The minimum atomic E-state index is -0.451. The molecule has 0 unspecified atom stereocenters. The summed E-state index contributed by atoms with van der Waals surface area (Å²) in [6, 6.07) is 15.2. The quantitative estimate of drug-likeness (QED) is 0.307. The molecule has 0 saturated carbocycles. The number of nitrogen functional groups attached to an aromatic ring is 1. The molecule has 0 spiro atoms. The zero-order valence-electron chi connectivity index (χ0n) is 17.3. The van der Waals surface area contributed by atoms with Gasteiger partial charge in [0, 0.05) is 25.2 Å². The summed E-state index contributed by atoms with van der Waals surface area (Å²) in [6.45, 7) is 1.74. The third-order valence-electron chi connectivity index (χ3n) is 4.69. The zero-order chi connectivity index (χ0) is 23.2. The molecule has 1 amide bonds. The van der Waals surface area contributed by atoms with Crippen molar-refractivity contribution in [2.45, 2.75) is 13.1 Å². The van der Waals surface area contributed by atoms with Gasteiger partial charge in [-0.05, 0) is 28.0 Å². The van der Waals surface area contributed by atoms with Gasteiger partial charge in [-0.1, -0.05) is 59.6 Å². The van der Waals surface area contributed by atoms with E-state index < -0.39 is 5.91 Å². The number of carbonyl (C=O) groups excluding carboxylic acids is 1. The Morgan fingerprint density at radius 2 is 1.85 bits per heavy atom. The van der Waals surface area contributed by atoms with E-state index in [-0.39, 0.29) is 11.5 Å². The first-order valence-corrected chi connectivity index (χ1v) is 10.8. The van der Waals surface area contributed by atoms with Crippen LogP contribution in [-0.4, -0.2) is 44.3 Å². The second-order valence-corrected chi connectivity index (χ2v) is 7.89. The topological polar surface area (TPSA) is 137 Å². The molecule has 4 rings (SSSR count). The Bertz CT molecular complexity index is 1240. The Hall–Kier alpha value is -3.47. The maximum absolute atomic E-state index is 12.0. The maximum atomic E-state index is 12.0. The molecule has 2 aromatic carbocycles. The summed E-state index contributed by atoms with van der Waals surface area (Å²) in [5.41, 5.74) is 8.92. The number of nitrogens with two attached hydrogens (primary N) is 1. The molecule has 0 aliphatic carbocycles. The standard InChI is InChI=1S/C21H20Cl2N8O2/c22-15-7-6-13(10-16(15)23)12-31-27-17(18(28-31)14-4-2-1-3-5-14)11-25-8-9-26-21(32)19-20(24)30-33-29-19/h1-7,10,25H,8-9,11-12H2,(H2,24,30)(H,26,32). The highest BCUT2D eigenvalue weighted by molar-refractivity contribution is 6.42. The van der Waals surface area contributed by atoms with Crippen LogP contribution in [0.5, 0.6) is 0 Å². The van der Waals surface area contributed by atoms with Gasteiger partial charge in [0.15, 0.2) is 0 Å². The molecule has 0 aliphatic heterocycles. The van der Waals surface area contributed by atoms with Crippen molar-refractivity contribution < 1.29 is 9.42 Å². The number of halogens is 2. The Balaban J connectivity index is 1.41. The number of hydrogen-bond donors (Lipinski definition) is 3. The van der Waals surface area contributed by atoms with Crippen LogP contribution >= 0.6 is 23.2 Å². The summed E-state index contributed by atoms with van der Waals surface area (Å²) >= 11 is 12.1. The van der Waals surface area contributed by atoms with Crippen molar-refractivity contribution >= 4 is 34.9 Å². The highest BCUT2D eigenvalue weighted by Gasteiger charge is 2.16. The van der Waals surface area contributed by atoms with Crippen LogP contribution in [0.2, 0.25) is 10.0 Å². The van der Waals surface area contributed by atoms with Crippen LogP contribution in [0.4, 0.5) is 5.82 Å². The fraction of sp³-hybridized carbons (Fsp3) is 0.190. The van der Waals surface area contributed by atoms with Gasteiger partial charge in [-0.2, -0.15) is 15.0 Å². The van der Waals surface area contributed by atoms with Gasteiger partial charge >= 0.3 is 0 Å². The third kappa shape index (κ3) is 5.67. The third-order valence-corrected chi connectivity index (χ3v) is 5.43. The van der Waals surface area contributed by atoms with Crippen molar-refractivity contribution in [3.05, 3.63) is 75.5 Å². The average molecular weight is 487 g/mol. The molecule has 10 nitrogen and oxygen atoms in total. The number of rotatable bonds is 9. The van der Waals surface area contributed by atoms with Crippen LogP contribution in [0.3, 0.4) is 0 Å². The van der Waals surface area contributed by atoms with Crippen LogP contribution in [-0.2, 0) is 13.1 Å². The van der Waals surface area contributed by atoms with Crippen molar-refractivity contribution in [1.29, 1.82) is 0 Å². The van der Waals surface area contributed by atoms with E-state index >= 15 is 0 Å². The molecular weight excluding hydrogens is 467 g/mol. The smallest absolute Gasteiger partial charge is 0.277 e.